The molecule has 0 aliphatic rings. The summed E-state index contributed by atoms with van der Waals surface area (Å²) in [4.78, 5) is 29.3. The number of thioether (sulfide) groups is 1. The lowest BCUT2D eigenvalue weighted by atomic mass is 10.1. The molecule has 0 saturated carbocycles. The molecule has 0 saturated heterocycles. The Kier molecular flexibility index (Phi) is 8.23. The number of ether oxygens (including phenoxy) is 1. The topological polar surface area (TPSA) is 88.5 Å². The second-order valence-corrected chi connectivity index (χ2v) is 9.78. The minimum absolute atomic E-state index is 0.0456. The molecule has 0 fully saturated rings. The SMILES string of the molecule is CCC(CC)Sc1ccc2cc(Oc3ccc(CC(=O)Nc4ccccc4C(=O)O)cn3)ccc2c1. The van der Waals surface area contributed by atoms with Gasteiger partial charge in [0.1, 0.15) is 5.75 Å². The number of pyridine rings is 1. The largest absolute Gasteiger partial charge is 0.478 e. The van der Waals surface area contributed by atoms with E-state index in [-0.39, 0.29) is 23.6 Å². The Bertz CT molecular complexity index is 1370. The molecule has 4 aromatic rings. The van der Waals surface area contributed by atoms with Crippen LogP contribution in [-0.4, -0.2) is 27.2 Å². The zero-order chi connectivity index (χ0) is 25.5. The van der Waals surface area contributed by atoms with E-state index in [1.165, 1.54) is 11.0 Å². The van der Waals surface area contributed by atoms with Gasteiger partial charge in [-0.05, 0) is 65.6 Å². The van der Waals surface area contributed by atoms with Crippen LogP contribution in [0.2, 0.25) is 0 Å². The van der Waals surface area contributed by atoms with Gasteiger partial charge in [-0.15, -0.1) is 11.8 Å². The molecule has 0 aliphatic heterocycles. The summed E-state index contributed by atoms with van der Waals surface area (Å²) in [5.74, 6) is -0.305. The maximum atomic E-state index is 12.4. The van der Waals surface area contributed by atoms with Gasteiger partial charge < -0.3 is 15.2 Å². The molecular weight excluding hydrogens is 472 g/mol. The third kappa shape index (κ3) is 6.43. The molecule has 0 radical (unpaired) electrons. The predicted octanol–water partition coefficient (Wildman–Crippen LogP) is 7.19. The second-order valence-electron chi connectivity index (χ2n) is 8.41. The molecule has 0 bridgehead atoms. The van der Waals surface area contributed by atoms with Crippen LogP contribution in [0.1, 0.15) is 42.6 Å². The van der Waals surface area contributed by atoms with Crippen LogP contribution in [0.3, 0.4) is 0 Å². The fraction of sp³-hybridized carbons (Fsp3) is 0.207. The van der Waals surface area contributed by atoms with Gasteiger partial charge in [-0.2, -0.15) is 0 Å². The van der Waals surface area contributed by atoms with Gasteiger partial charge in [0.25, 0.3) is 0 Å². The number of anilines is 1. The van der Waals surface area contributed by atoms with Crippen molar-refractivity contribution in [3.63, 3.8) is 0 Å². The number of nitrogens with zero attached hydrogens (tertiary/aromatic N) is 1. The Morgan fingerprint density at radius 2 is 1.72 bits per heavy atom. The quantitative estimate of drug-likeness (QED) is 0.224. The number of benzene rings is 3. The van der Waals surface area contributed by atoms with Crippen LogP contribution < -0.4 is 10.1 Å². The highest BCUT2D eigenvalue weighted by atomic mass is 32.2. The first-order chi connectivity index (χ1) is 17.4. The van der Waals surface area contributed by atoms with Crippen LogP contribution in [0, 0.1) is 0 Å². The Morgan fingerprint density at radius 1 is 0.972 bits per heavy atom. The molecule has 2 N–H and O–H groups in total. The number of amides is 1. The van der Waals surface area contributed by atoms with Crippen molar-refractivity contribution in [3.05, 3.63) is 90.1 Å². The summed E-state index contributed by atoms with van der Waals surface area (Å²) >= 11 is 1.92. The fourth-order valence-electron chi connectivity index (χ4n) is 3.84. The van der Waals surface area contributed by atoms with E-state index < -0.39 is 5.97 Å². The first-order valence-corrected chi connectivity index (χ1v) is 12.8. The van der Waals surface area contributed by atoms with E-state index in [2.05, 4.69) is 48.4 Å². The summed E-state index contributed by atoms with van der Waals surface area (Å²) in [6, 6.07) is 22.2. The Labute approximate surface area is 214 Å². The number of para-hydroxylation sites is 1. The second kappa shape index (κ2) is 11.7. The van der Waals surface area contributed by atoms with Gasteiger partial charge in [-0.3, -0.25) is 4.79 Å². The van der Waals surface area contributed by atoms with Crippen molar-refractivity contribution in [1.82, 2.24) is 4.98 Å². The number of carbonyl (C=O) groups is 2. The van der Waals surface area contributed by atoms with E-state index >= 15 is 0 Å². The van der Waals surface area contributed by atoms with E-state index in [0.29, 0.717) is 22.4 Å². The molecule has 1 heterocycles. The molecule has 1 aromatic heterocycles. The summed E-state index contributed by atoms with van der Waals surface area (Å²) in [6.45, 7) is 4.45. The summed E-state index contributed by atoms with van der Waals surface area (Å²) in [7, 11) is 0. The number of nitrogens with one attached hydrogen (secondary N) is 1. The number of fused-ring (bicyclic) bond motifs is 1. The zero-order valence-electron chi connectivity index (χ0n) is 20.2. The van der Waals surface area contributed by atoms with Crippen molar-refractivity contribution in [2.75, 3.05) is 5.32 Å². The Balaban J connectivity index is 1.38. The maximum Gasteiger partial charge on any atom is 0.337 e. The fourth-order valence-corrected chi connectivity index (χ4v) is 4.90. The smallest absolute Gasteiger partial charge is 0.337 e. The van der Waals surface area contributed by atoms with Gasteiger partial charge in [0, 0.05) is 22.4 Å². The minimum Gasteiger partial charge on any atom is -0.478 e. The zero-order valence-corrected chi connectivity index (χ0v) is 21.0. The lowest BCUT2D eigenvalue weighted by Crippen LogP contribution is -2.16. The van der Waals surface area contributed by atoms with Crippen molar-refractivity contribution in [2.24, 2.45) is 0 Å². The number of aromatic nitrogens is 1. The average Bonchev–Trinajstić information content (AvgIpc) is 2.88. The molecular formula is C29H28N2O4S. The monoisotopic (exact) mass is 500 g/mol. The van der Waals surface area contributed by atoms with Crippen LogP contribution in [0.15, 0.2) is 83.9 Å². The standard InChI is InChI=1S/C29H28N2O4S/c1-3-23(4-2)36-24-13-11-20-16-22(12-10-21(20)17-24)35-28-14-9-19(18-30-28)15-27(32)31-26-8-6-5-7-25(26)29(33)34/h5-14,16-18,23H,3-4,15H2,1-2H3,(H,31,32)(H,33,34). The number of hydrogen-bond acceptors (Lipinski definition) is 5. The number of carboxylic acids is 1. The van der Waals surface area contributed by atoms with E-state index in [1.54, 1.807) is 36.5 Å². The normalized spacial score (nSPS) is 11.0. The van der Waals surface area contributed by atoms with Crippen LogP contribution in [0.5, 0.6) is 11.6 Å². The Morgan fingerprint density at radius 3 is 2.44 bits per heavy atom. The molecule has 1 amide bonds. The first kappa shape index (κ1) is 25.3. The van der Waals surface area contributed by atoms with Crippen molar-refractivity contribution < 1.29 is 19.4 Å². The van der Waals surface area contributed by atoms with Gasteiger partial charge in [-0.1, -0.05) is 44.2 Å². The highest BCUT2D eigenvalue weighted by molar-refractivity contribution is 8.00. The number of rotatable bonds is 10. The highest BCUT2D eigenvalue weighted by Gasteiger charge is 2.12. The molecule has 7 heteroatoms. The average molecular weight is 501 g/mol. The number of hydrogen-bond donors (Lipinski definition) is 2. The molecule has 36 heavy (non-hydrogen) atoms. The van der Waals surface area contributed by atoms with E-state index in [4.69, 9.17) is 4.74 Å². The highest BCUT2D eigenvalue weighted by Crippen LogP contribution is 2.32. The van der Waals surface area contributed by atoms with Gasteiger partial charge >= 0.3 is 5.97 Å². The number of carboxylic acid groups (broad SMARTS) is 1. The van der Waals surface area contributed by atoms with E-state index in [9.17, 15) is 14.7 Å². The lowest BCUT2D eigenvalue weighted by Gasteiger charge is -2.12. The summed E-state index contributed by atoms with van der Waals surface area (Å²) < 4.78 is 5.93. The van der Waals surface area contributed by atoms with E-state index in [0.717, 1.165) is 23.6 Å². The molecule has 4 rings (SSSR count). The van der Waals surface area contributed by atoms with Crippen LogP contribution in [-0.2, 0) is 11.2 Å². The lowest BCUT2D eigenvalue weighted by molar-refractivity contribution is -0.115. The summed E-state index contributed by atoms with van der Waals surface area (Å²) in [6.07, 6.45) is 3.96. The Hall–Kier alpha value is -3.84. The third-order valence-electron chi connectivity index (χ3n) is 5.81. The predicted molar refractivity (Wildman–Crippen MR) is 144 cm³/mol. The molecule has 0 spiro atoms. The molecule has 6 nitrogen and oxygen atoms in total. The molecule has 0 aliphatic carbocycles. The van der Waals surface area contributed by atoms with Crippen molar-refractivity contribution in [1.29, 1.82) is 0 Å². The number of aromatic carboxylic acids is 1. The van der Waals surface area contributed by atoms with Crippen LogP contribution >= 0.6 is 11.8 Å². The van der Waals surface area contributed by atoms with Gasteiger partial charge in [0.05, 0.1) is 17.7 Å². The van der Waals surface area contributed by atoms with Gasteiger partial charge in [-0.25, -0.2) is 9.78 Å². The number of carbonyl (C=O) groups excluding carboxylic acids is 1. The van der Waals surface area contributed by atoms with Crippen molar-refractivity contribution in [3.8, 4) is 11.6 Å². The van der Waals surface area contributed by atoms with Crippen LogP contribution in [0.4, 0.5) is 5.69 Å². The van der Waals surface area contributed by atoms with Crippen LogP contribution in [0.25, 0.3) is 10.8 Å². The third-order valence-corrected chi connectivity index (χ3v) is 7.34. The maximum absolute atomic E-state index is 12.4. The van der Waals surface area contributed by atoms with E-state index in [1.807, 2.05) is 23.9 Å². The minimum atomic E-state index is -1.09. The molecule has 3 aromatic carbocycles. The molecule has 184 valence electrons. The van der Waals surface area contributed by atoms with Crippen molar-refractivity contribution in [2.45, 2.75) is 43.3 Å². The summed E-state index contributed by atoms with van der Waals surface area (Å²) in [5.41, 5.74) is 0.998. The van der Waals surface area contributed by atoms with Gasteiger partial charge in [0.2, 0.25) is 11.8 Å². The van der Waals surface area contributed by atoms with Gasteiger partial charge in [0.15, 0.2) is 0 Å². The molecule has 0 atom stereocenters. The van der Waals surface area contributed by atoms with Crippen molar-refractivity contribution >= 4 is 40.1 Å². The first-order valence-electron chi connectivity index (χ1n) is 11.9. The molecule has 0 unspecified atom stereocenters. The summed E-state index contributed by atoms with van der Waals surface area (Å²) in [5, 5.41) is 14.8.